The first-order valence-corrected chi connectivity index (χ1v) is 6.55. The maximum atomic E-state index is 11.2. The minimum Gasteiger partial charge on any atom is -0.478 e. The number of hydrogen-bond donors (Lipinski definition) is 1. The van der Waals surface area contributed by atoms with Gasteiger partial charge in [-0.2, -0.15) is 0 Å². The third kappa shape index (κ3) is 2.26. The second-order valence-electron chi connectivity index (χ2n) is 4.55. The van der Waals surface area contributed by atoms with Crippen LogP contribution in [0, 0.1) is 0 Å². The van der Waals surface area contributed by atoms with Gasteiger partial charge in [-0.15, -0.1) is 0 Å². The van der Waals surface area contributed by atoms with E-state index >= 15 is 0 Å². The summed E-state index contributed by atoms with van der Waals surface area (Å²) in [7, 11) is 0. The first-order chi connectivity index (χ1) is 9.65. The van der Waals surface area contributed by atoms with Crippen molar-refractivity contribution in [1.82, 2.24) is 0 Å². The molecule has 0 radical (unpaired) electrons. The van der Waals surface area contributed by atoms with Crippen LogP contribution in [0.25, 0.3) is 17.7 Å². The highest BCUT2D eigenvalue weighted by Crippen LogP contribution is 2.34. The lowest BCUT2D eigenvalue weighted by atomic mass is 9.93. The van der Waals surface area contributed by atoms with E-state index in [-0.39, 0.29) is 0 Å². The Balaban J connectivity index is 2.35. The lowest BCUT2D eigenvalue weighted by molar-refractivity contribution is -0.131. The molecular weight excluding hydrogens is 272 g/mol. The van der Waals surface area contributed by atoms with Crippen molar-refractivity contribution in [2.75, 3.05) is 0 Å². The number of benzene rings is 2. The molecule has 0 aliphatic heterocycles. The minimum atomic E-state index is -0.970. The Morgan fingerprint density at radius 3 is 2.45 bits per heavy atom. The number of halogens is 1. The highest BCUT2D eigenvalue weighted by Gasteiger charge is 2.16. The van der Waals surface area contributed by atoms with Crippen LogP contribution in [0.1, 0.15) is 22.3 Å². The van der Waals surface area contributed by atoms with Crippen molar-refractivity contribution < 1.29 is 9.90 Å². The van der Waals surface area contributed by atoms with Gasteiger partial charge in [-0.3, -0.25) is 0 Å². The number of fused-ring (bicyclic) bond motifs is 2. The lowest BCUT2D eigenvalue weighted by Gasteiger charge is -2.11. The van der Waals surface area contributed by atoms with E-state index in [1.54, 1.807) is 12.1 Å². The first-order valence-electron chi connectivity index (χ1n) is 6.17. The number of hydrogen-bond acceptors (Lipinski definition) is 1. The summed E-state index contributed by atoms with van der Waals surface area (Å²) in [6.45, 7) is 0. The van der Waals surface area contributed by atoms with Crippen LogP contribution < -0.4 is 0 Å². The Bertz CT molecular complexity index is 757. The molecule has 0 heterocycles. The minimum absolute atomic E-state index is 0.591. The second-order valence-corrected chi connectivity index (χ2v) is 4.98. The molecule has 3 heteroatoms. The molecule has 1 aliphatic rings. The molecule has 0 atom stereocenters. The van der Waals surface area contributed by atoms with Gasteiger partial charge in [0.25, 0.3) is 0 Å². The molecular formula is C17H11ClO2. The first kappa shape index (κ1) is 12.7. The molecule has 1 aliphatic carbocycles. The summed E-state index contributed by atoms with van der Waals surface area (Å²) in [5, 5.41) is 9.74. The molecule has 0 aromatic heterocycles. The van der Waals surface area contributed by atoms with Crippen molar-refractivity contribution in [1.29, 1.82) is 0 Å². The molecule has 1 N–H and O–H groups in total. The number of carbonyl (C=O) groups is 1. The van der Waals surface area contributed by atoms with Gasteiger partial charge in [0.15, 0.2) is 0 Å². The van der Waals surface area contributed by atoms with Crippen LogP contribution >= 0.6 is 11.6 Å². The summed E-state index contributed by atoms with van der Waals surface area (Å²) in [5.74, 6) is -0.970. The van der Waals surface area contributed by atoms with Gasteiger partial charge >= 0.3 is 5.97 Å². The van der Waals surface area contributed by atoms with Crippen LogP contribution in [0.5, 0.6) is 0 Å². The summed E-state index contributed by atoms with van der Waals surface area (Å²) < 4.78 is 0. The van der Waals surface area contributed by atoms with E-state index in [1.807, 2.05) is 42.5 Å². The molecule has 2 nitrogen and oxygen atoms in total. The zero-order valence-corrected chi connectivity index (χ0v) is 11.3. The molecule has 0 saturated carbocycles. The van der Waals surface area contributed by atoms with Crippen LogP contribution in [0.15, 0.2) is 48.5 Å². The highest BCUT2D eigenvalue weighted by molar-refractivity contribution is 6.31. The molecule has 98 valence electrons. The zero-order chi connectivity index (χ0) is 14.1. The van der Waals surface area contributed by atoms with Gasteiger partial charge in [0, 0.05) is 11.1 Å². The Hall–Kier alpha value is -2.32. The van der Waals surface area contributed by atoms with Gasteiger partial charge < -0.3 is 5.11 Å². The maximum Gasteiger partial charge on any atom is 0.328 e. The van der Waals surface area contributed by atoms with E-state index in [9.17, 15) is 4.79 Å². The fourth-order valence-corrected chi connectivity index (χ4v) is 2.57. The number of carboxylic acid groups (broad SMARTS) is 1. The van der Waals surface area contributed by atoms with Gasteiger partial charge in [0.05, 0.1) is 0 Å². The van der Waals surface area contributed by atoms with Crippen molar-refractivity contribution >= 4 is 35.3 Å². The van der Waals surface area contributed by atoms with Crippen molar-refractivity contribution in [3.05, 3.63) is 75.8 Å². The number of aliphatic carboxylic acids is 1. The summed E-state index contributed by atoms with van der Waals surface area (Å²) in [6.07, 6.45) is 5.21. The van der Waals surface area contributed by atoms with Crippen LogP contribution in [-0.2, 0) is 4.79 Å². The fourth-order valence-electron chi connectivity index (χ4n) is 2.40. The molecule has 2 aromatic carbocycles. The average Bonchev–Trinajstić information content (AvgIpc) is 2.57. The Labute approximate surface area is 121 Å². The Morgan fingerprint density at radius 1 is 1.00 bits per heavy atom. The van der Waals surface area contributed by atoms with E-state index < -0.39 is 5.97 Å². The third-order valence-corrected chi connectivity index (χ3v) is 3.50. The van der Waals surface area contributed by atoms with E-state index in [4.69, 9.17) is 16.7 Å². The topological polar surface area (TPSA) is 37.3 Å². The molecule has 0 bridgehead atoms. The van der Waals surface area contributed by atoms with E-state index in [0.29, 0.717) is 10.6 Å². The smallest absolute Gasteiger partial charge is 0.328 e. The monoisotopic (exact) mass is 282 g/mol. The molecule has 0 fully saturated rings. The second kappa shape index (κ2) is 4.99. The summed E-state index contributed by atoms with van der Waals surface area (Å²) in [6, 6.07) is 13.2. The van der Waals surface area contributed by atoms with Crippen molar-refractivity contribution in [3.8, 4) is 0 Å². The third-order valence-electron chi connectivity index (χ3n) is 3.27. The van der Waals surface area contributed by atoms with Gasteiger partial charge in [-0.05, 0) is 40.0 Å². The molecule has 0 amide bonds. The maximum absolute atomic E-state index is 11.2. The number of carboxylic acids is 1. The summed E-state index contributed by atoms with van der Waals surface area (Å²) in [4.78, 5) is 11.2. The quantitative estimate of drug-likeness (QED) is 0.674. The average molecular weight is 283 g/mol. The highest BCUT2D eigenvalue weighted by atomic mass is 35.5. The Morgan fingerprint density at radius 2 is 1.70 bits per heavy atom. The van der Waals surface area contributed by atoms with E-state index in [1.165, 1.54) is 6.08 Å². The van der Waals surface area contributed by atoms with Crippen molar-refractivity contribution in [2.45, 2.75) is 0 Å². The standard InChI is InChI=1S/C17H11ClO2/c18-13-8-7-12-6-5-11-3-1-2-4-14(11)16(10-17(19)20)15(12)9-13/h1-10H,(H,19,20)/b16-10-. The van der Waals surface area contributed by atoms with E-state index in [0.717, 1.165) is 22.3 Å². The predicted octanol–water partition coefficient (Wildman–Crippen LogP) is 4.34. The SMILES string of the molecule is O=C(O)/C=C1/c2ccccc2C=Cc2ccc(Cl)cc21. The number of rotatable bonds is 1. The normalized spacial score (nSPS) is 14.6. The Kier molecular flexibility index (Phi) is 3.17. The summed E-state index contributed by atoms with van der Waals surface area (Å²) >= 11 is 6.06. The molecule has 0 spiro atoms. The van der Waals surface area contributed by atoms with Gasteiger partial charge in [-0.1, -0.05) is 54.1 Å². The molecule has 0 saturated heterocycles. The largest absolute Gasteiger partial charge is 0.478 e. The fraction of sp³-hybridized carbons (Fsp3) is 0. The molecule has 2 aromatic rings. The molecule has 3 rings (SSSR count). The molecule has 20 heavy (non-hydrogen) atoms. The predicted molar refractivity (Wildman–Crippen MR) is 81.5 cm³/mol. The van der Waals surface area contributed by atoms with Crippen LogP contribution in [0.2, 0.25) is 5.02 Å². The van der Waals surface area contributed by atoms with Crippen molar-refractivity contribution in [3.63, 3.8) is 0 Å². The summed E-state index contributed by atoms with van der Waals surface area (Å²) in [5.41, 5.74) is 4.36. The van der Waals surface area contributed by atoms with Crippen molar-refractivity contribution in [2.24, 2.45) is 0 Å². The van der Waals surface area contributed by atoms with E-state index in [2.05, 4.69) is 0 Å². The zero-order valence-electron chi connectivity index (χ0n) is 10.5. The van der Waals surface area contributed by atoms with Gasteiger partial charge in [-0.25, -0.2) is 4.79 Å². The van der Waals surface area contributed by atoms with Crippen LogP contribution in [0.4, 0.5) is 0 Å². The van der Waals surface area contributed by atoms with Gasteiger partial charge in [0.2, 0.25) is 0 Å². The molecule has 0 unspecified atom stereocenters. The lowest BCUT2D eigenvalue weighted by Crippen LogP contribution is -1.97. The van der Waals surface area contributed by atoms with Gasteiger partial charge in [0.1, 0.15) is 0 Å². The van der Waals surface area contributed by atoms with Crippen LogP contribution in [-0.4, -0.2) is 11.1 Å². The van der Waals surface area contributed by atoms with Crippen LogP contribution in [0.3, 0.4) is 0 Å².